The van der Waals surface area contributed by atoms with Crippen LogP contribution < -0.4 is 10.6 Å². The zero-order valence-corrected chi connectivity index (χ0v) is 11.0. The minimum Gasteiger partial charge on any atom is -0.478 e. The second kappa shape index (κ2) is 6.85. The Kier molecular flexibility index (Phi) is 4.89. The van der Waals surface area contributed by atoms with Gasteiger partial charge in [-0.15, -0.1) is 0 Å². The molecule has 0 spiro atoms. The molecule has 7 heteroatoms. The van der Waals surface area contributed by atoms with Crippen LogP contribution >= 0.6 is 0 Å². The van der Waals surface area contributed by atoms with E-state index in [0.29, 0.717) is 12.2 Å². The highest BCUT2D eigenvalue weighted by atomic mass is 16.5. The molecule has 108 valence electrons. The van der Waals surface area contributed by atoms with E-state index < -0.39 is 5.97 Å². The lowest BCUT2D eigenvalue weighted by Crippen LogP contribution is -2.39. The fourth-order valence-corrected chi connectivity index (χ4v) is 1.95. The van der Waals surface area contributed by atoms with Crippen LogP contribution in [0.25, 0.3) is 0 Å². The van der Waals surface area contributed by atoms with Crippen molar-refractivity contribution >= 4 is 12.0 Å². The summed E-state index contributed by atoms with van der Waals surface area (Å²) >= 11 is 0. The molecule has 0 aliphatic carbocycles. The fraction of sp³-hybridized carbons (Fsp3) is 0.462. The van der Waals surface area contributed by atoms with Gasteiger partial charge in [0.2, 0.25) is 0 Å². The van der Waals surface area contributed by atoms with E-state index >= 15 is 0 Å². The summed E-state index contributed by atoms with van der Waals surface area (Å²) in [5, 5.41) is 14.2. The summed E-state index contributed by atoms with van der Waals surface area (Å²) in [6, 6.07) is 2.52. The Labute approximate surface area is 116 Å². The molecule has 1 fully saturated rings. The first-order valence-corrected chi connectivity index (χ1v) is 6.46. The normalized spacial score (nSPS) is 17.7. The van der Waals surface area contributed by atoms with E-state index in [9.17, 15) is 9.59 Å². The Morgan fingerprint density at radius 2 is 2.30 bits per heavy atom. The van der Waals surface area contributed by atoms with Gasteiger partial charge in [-0.2, -0.15) is 0 Å². The highest BCUT2D eigenvalue weighted by Crippen LogP contribution is 2.10. The van der Waals surface area contributed by atoms with E-state index in [2.05, 4.69) is 15.6 Å². The molecule has 1 aliphatic rings. The molecule has 2 amide bonds. The summed E-state index contributed by atoms with van der Waals surface area (Å²) in [6.07, 6.45) is 3.49. The minimum absolute atomic E-state index is 0.0919. The van der Waals surface area contributed by atoms with Gasteiger partial charge in [-0.3, -0.25) is 4.98 Å². The van der Waals surface area contributed by atoms with Gasteiger partial charge in [0, 0.05) is 19.3 Å². The molecule has 0 saturated carbocycles. The van der Waals surface area contributed by atoms with E-state index in [1.54, 1.807) is 0 Å². The first kappa shape index (κ1) is 14.3. The molecule has 1 saturated heterocycles. The number of ether oxygens (including phenoxy) is 1. The van der Waals surface area contributed by atoms with Gasteiger partial charge in [0.15, 0.2) is 0 Å². The van der Waals surface area contributed by atoms with Crippen molar-refractivity contribution in [3.8, 4) is 0 Å². The van der Waals surface area contributed by atoms with Crippen LogP contribution in [0.3, 0.4) is 0 Å². The van der Waals surface area contributed by atoms with Gasteiger partial charge in [-0.05, 0) is 25.0 Å². The molecule has 1 aromatic heterocycles. The number of urea groups is 1. The van der Waals surface area contributed by atoms with Crippen molar-refractivity contribution in [2.45, 2.75) is 25.5 Å². The number of carboxylic acid groups (broad SMARTS) is 1. The minimum atomic E-state index is -1.02. The summed E-state index contributed by atoms with van der Waals surface area (Å²) < 4.78 is 5.39. The van der Waals surface area contributed by atoms with Gasteiger partial charge in [0.25, 0.3) is 0 Å². The van der Waals surface area contributed by atoms with Crippen LogP contribution in [0.4, 0.5) is 4.79 Å². The summed E-state index contributed by atoms with van der Waals surface area (Å²) in [5.41, 5.74) is 0.647. The quantitative estimate of drug-likeness (QED) is 0.738. The number of aromatic carboxylic acids is 1. The summed E-state index contributed by atoms with van der Waals surface area (Å²) in [7, 11) is 0. The third-order valence-corrected chi connectivity index (χ3v) is 3.01. The van der Waals surface area contributed by atoms with E-state index in [4.69, 9.17) is 9.84 Å². The van der Waals surface area contributed by atoms with E-state index in [0.717, 1.165) is 19.4 Å². The highest BCUT2D eigenvalue weighted by molar-refractivity contribution is 5.87. The number of rotatable bonds is 5. The predicted octanol–water partition coefficient (Wildman–Crippen LogP) is 0.758. The maximum Gasteiger partial charge on any atom is 0.335 e. The lowest BCUT2D eigenvalue weighted by atomic mass is 10.2. The van der Waals surface area contributed by atoms with Crippen molar-refractivity contribution in [2.24, 2.45) is 0 Å². The molecule has 0 radical (unpaired) electrons. The van der Waals surface area contributed by atoms with Crippen LogP contribution in [0.2, 0.25) is 0 Å². The van der Waals surface area contributed by atoms with Gasteiger partial charge >= 0.3 is 12.0 Å². The van der Waals surface area contributed by atoms with Gasteiger partial charge in [0.1, 0.15) is 0 Å². The molecule has 0 aromatic carbocycles. The van der Waals surface area contributed by atoms with Crippen molar-refractivity contribution in [1.29, 1.82) is 0 Å². The standard InChI is InChI=1S/C13H17N3O4/c17-12(18)9-3-4-14-10(6-9)7-15-13(19)16-8-11-2-1-5-20-11/h3-4,6,11H,1-2,5,7-8H2,(H,17,18)(H2,15,16,19). The number of hydrogen-bond acceptors (Lipinski definition) is 4. The third kappa shape index (κ3) is 4.20. The topological polar surface area (TPSA) is 101 Å². The Bertz CT molecular complexity index is 486. The lowest BCUT2D eigenvalue weighted by Gasteiger charge is -2.11. The average molecular weight is 279 g/mol. The molecular formula is C13H17N3O4. The zero-order chi connectivity index (χ0) is 14.4. The molecule has 1 atom stereocenters. The van der Waals surface area contributed by atoms with Crippen LogP contribution in [0.5, 0.6) is 0 Å². The number of hydrogen-bond donors (Lipinski definition) is 3. The molecule has 2 heterocycles. The Balaban J connectivity index is 1.75. The smallest absolute Gasteiger partial charge is 0.335 e. The third-order valence-electron chi connectivity index (χ3n) is 3.01. The fourth-order valence-electron chi connectivity index (χ4n) is 1.95. The monoisotopic (exact) mass is 279 g/mol. The highest BCUT2D eigenvalue weighted by Gasteiger charge is 2.16. The second-order valence-electron chi connectivity index (χ2n) is 4.54. The molecule has 1 unspecified atom stereocenters. The molecule has 3 N–H and O–H groups in total. The van der Waals surface area contributed by atoms with Gasteiger partial charge in [-0.25, -0.2) is 9.59 Å². The van der Waals surface area contributed by atoms with Crippen LogP contribution in [0.15, 0.2) is 18.3 Å². The van der Waals surface area contributed by atoms with Crippen LogP contribution in [0.1, 0.15) is 28.9 Å². The van der Waals surface area contributed by atoms with Crippen LogP contribution in [-0.4, -0.2) is 41.3 Å². The summed E-state index contributed by atoms with van der Waals surface area (Å²) in [6.45, 7) is 1.41. The average Bonchev–Trinajstić information content (AvgIpc) is 2.96. The van der Waals surface area contributed by atoms with Crippen LogP contribution in [0, 0.1) is 0 Å². The van der Waals surface area contributed by atoms with Crippen molar-refractivity contribution in [1.82, 2.24) is 15.6 Å². The first-order chi connectivity index (χ1) is 9.65. The van der Waals surface area contributed by atoms with E-state index in [1.807, 2.05) is 0 Å². The lowest BCUT2D eigenvalue weighted by molar-refractivity contribution is 0.0696. The number of carbonyl (C=O) groups excluding carboxylic acids is 1. The molecule has 1 aromatic rings. The maximum atomic E-state index is 11.6. The first-order valence-electron chi connectivity index (χ1n) is 6.46. The second-order valence-corrected chi connectivity index (χ2v) is 4.54. The number of nitrogens with zero attached hydrogens (tertiary/aromatic N) is 1. The molecule has 20 heavy (non-hydrogen) atoms. The maximum absolute atomic E-state index is 11.6. The summed E-state index contributed by atoms with van der Waals surface area (Å²) in [5.74, 6) is -1.02. The molecule has 1 aliphatic heterocycles. The van der Waals surface area contributed by atoms with Crippen molar-refractivity contribution < 1.29 is 19.4 Å². The number of nitrogens with one attached hydrogen (secondary N) is 2. The number of pyridine rings is 1. The number of aromatic nitrogens is 1. The predicted molar refractivity (Wildman–Crippen MR) is 70.4 cm³/mol. The van der Waals surface area contributed by atoms with Gasteiger partial charge in [-0.1, -0.05) is 0 Å². The van der Waals surface area contributed by atoms with Crippen molar-refractivity contribution in [2.75, 3.05) is 13.2 Å². The number of carboxylic acids is 1. The molecule has 0 bridgehead atoms. The molecule has 7 nitrogen and oxygen atoms in total. The SMILES string of the molecule is O=C(NCc1cc(C(=O)O)ccn1)NCC1CCCO1. The Hall–Kier alpha value is -2.15. The molecular weight excluding hydrogens is 262 g/mol. The number of carbonyl (C=O) groups is 2. The van der Waals surface area contributed by atoms with Crippen molar-refractivity contribution in [3.63, 3.8) is 0 Å². The molecule has 2 rings (SSSR count). The largest absolute Gasteiger partial charge is 0.478 e. The van der Waals surface area contributed by atoms with Crippen LogP contribution in [-0.2, 0) is 11.3 Å². The van der Waals surface area contributed by atoms with Gasteiger partial charge < -0.3 is 20.5 Å². The number of amides is 2. The van der Waals surface area contributed by atoms with E-state index in [1.165, 1.54) is 18.3 Å². The van der Waals surface area contributed by atoms with Gasteiger partial charge in [0.05, 0.1) is 23.9 Å². The van der Waals surface area contributed by atoms with E-state index in [-0.39, 0.29) is 24.2 Å². The Morgan fingerprint density at radius 1 is 1.45 bits per heavy atom. The Morgan fingerprint density at radius 3 is 3.00 bits per heavy atom. The van der Waals surface area contributed by atoms with Crippen molar-refractivity contribution in [3.05, 3.63) is 29.6 Å². The summed E-state index contributed by atoms with van der Waals surface area (Å²) in [4.78, 5) is 26.4. The zero-order valence-electron chi connectivity index (χ0n) is 11.0.